The fourth-order valence-electron chi connectivity index (χ4n) is 2.79. The number of pyridine rings is 1. The lowest BCUT2D eigenvalue weighted by Crippen LogP contribution is -2.47. The van der Waals surface area contributed by atoms with Gasteiger partial charge in [-0.3, -0.25) is 9.69 Å². The maximum Gasteiger partial charge on any atom is 0.264 e. The van der Waals surface area contributed by atoms with Crippen LogP contribution in [0.25, 0.3) is 0 Å². The smallest absolute Gasteiger partial charge is 0.264 e. The summed E-state index contributed by atoms with van der Waals surface area (Å²) in [5, 5.41) is 6.90. The van der Waals surface area contributed by atoms with Crippen LogP contribution in [0.4, 0.5) is 17.2 Å². The first-order valence-electron chi connectivity index (χ1n) is 7.71. The predicted octanol–water partition coefficient (Wildman–Crippen LogP) is 3.21. The van der Waals surface area contributed by atoms with E-state index in [1.165, 1.54) is 0 Å². The van der Waals surface area contributed by atoms with Gasteiger partial charge in [0, 0.05) is 12.2 Å². The lowest BCUT2D eigenvalue weighted by molar-refractivity contribution is -0.121. The van der Waals surface area contributed by atoms with Gasteiger partial charge in [-0.2, -0.15) is 0 Å². The molecule has 1 unspecified atom stereocenters. The molecule has 4 rings (SSSR count). The van der Waals surface area contributed by atoms with E-state index in [0.717, 1.165) is 29.8 Å². The quantitative estimate of drug-likeness (QED) is 0.908. The van der Waals surface area contributed by atoms with Gasteiger partial charge in [0.05, 0.1) is 16.4 Å². The second kappa shape index (κ2) is 5.42. The summed E-state index contributed by atoms with van der Waals surface area (Å²) in [6, 6.07) is 9.88. The SMILES string of the molecule is Cc1ccc(N2c3ncccc3NC2C(=O)NC2CC2)c(Cl)c1. The fraction of sp³-hybridized carbons (Fsp3) is 0.294. The van der Waals surface area contributed by atoms with Crippen LogP contribution in [0.3, 0.4) is 0 Å². The van der Waals surface area contributed by atoms with Gasteiger partial charge in [0.25, 0.3) is 5.91 Å². The minimum atomic E-state index is -0.541. The molecule has 0 radical (unpaired) electrons. The monoisotopic (exact) mass is 328 g/mol. The molecule has 1 amide bonds. The maximum atomic E-state index is 12.6. The predicted molar refractivity (Wildman–Crippen MR) is 91.1 cm³/mol. The maximum absolute atomic E-state index is 12.6. The number of nitrogens with zero attached hydrogens (tertiary/aromatic N) is 2. The molecule has 0 saturated heterocycles. The molecule has 0 bridgehead atoms. The third-order valence-corrected chi connectivity index (χ3v) is 4.40. The van der Waals surface area contributed by atoms with Crippen LogP contribution in [0.2, 0.25) is 5.02 Å². The van der Waals surface area contributed by atoms with Gasteiger partial charge in [-0.1, -0.05) is 17.7 Å². The number of carbonyl (C=O) groups excluding carboxylic acids is 1. The third-order valence-electron chi connectivity index (χ3n) is 4.10. The zero-order valence-electron chi connectivity index (χ0n) is 12.7. The van der Waals surface area contributed by atoms with Crippen molar-refractivity contribution in [2.45, 2.75) is 32.0 Å². The van der Waals surface area contributed by atoms with Crippen molar-refractivity contribution in [3.8, 4) is 0 Å². The number of hydrogen-bond donors (Lipinski definition) is 2. The summed E-state index contributed by atoms with van der Waals surface area (Å²) in [6.07, 6.45) is 3.28. The van der Waals surface area contributed by atoms with E-state index in [1.807, 2.05) is 42.2 Å². The van der Waals surface area contributed by atoms with Crippen molar-refractivity contribution in [2.75, 3.05) is 10.2 Å². The molecular weight excluding hydrogens is 312 g/mol. The molecule has 0 spiro atoms. The molecule has 2 N–H and O–H groups in total. The molecule has 5 nitrogen and oxygen atoms in total. The van der Waals surface area contributed by atoms with E-state index in [-0.39, 0.29) is 5.91 Å². The van der Waals surface area contributed by atoms with E-state index >= 15 is 0 Å². The van der Waals surface area contributed by atoms with E-state index in [2.05, 4.69) is 15.6 Å². The number of fused-ring (bicyclic) bond motifs is 1. The molecule has 2 aromatic rings. The Kier molecular flexibility index (Phi) is 3.38. The van der Waals surface area contributed by atoms with Crippen LogP contribution in [-0.4, -0.2) is 23.1 Å². The van der Waals surface area contributed by atoms with Crippen LogP contribution in [0, 0.1) is 6.92 Å². The number of anilines is 3. The van der Waals surface area contributed by atoms with Gasteiger partial charge in [0.1, 0.15) is 0 Å². The Labute approximate surface area is 139 Å². The van der Waals surface area contributed by atoms with Crippen molar-refractivity contribution in [3.63, 3.8) is 0 Å². The summed E-state index contributed by atoms with van der Waals surface area (Å²) >= 11 is 6.44. The van der Waals surface area contributed by atoms with Crippen molar-refractivity contribution in [2.24, 2.45) is 0 Å². The number of halogens is 1. The number of hydrogen-bond acceptors (Lipinski definition) is 4. The molecule has 1 aromatic heterocycles. The van der Waals surface area contributed by atoms with Gasteiger partial charge in [-0.25, -0.2) is 4.98 Å². The minimum Gasteiger partial charge on any atom is -0.354 e. The Morgan fingerprint density at radius 3 is 2.96 bits per heavy atom. The first kappa shape index (κ1) is 14.3. The highest BCUT2D eigenvalue weighted by atomic mass is 35.5. The number of benzene rings is 1. The number of carbonyl (C=O) groups is 1. The Morgan fingerprint density at radius 1 is 1.39 bits per heavy atom. The third kappa shape index (κ3) is 2.61. The molecule has 1 saturated carbocycles. The molecule has 1 aromatic carbocycles. The number of aromatic nitrogens is 1. The molecule has 6 heteroatoms. The lowest BCUT2D eigenvalue weighted by atomic mass is 10.2. The van der Waals surface area contributed by atoms with Crippen LogP contribution in [0.15, 0.2) is 36.5 Å². The van der Waals surface area contributed by atoms with Gasteiger partial charge in [0.15, 0.2) is 12.0 Å². The fourth-order valence-corrected chi connectivity index (χ4v) is 3.11. The first-order valence-corrected chi connectivity index (χ1v) is 8.08. The van der Waals surface area contributed by atoms with Gasteiger partial charge in [-0.05, 0) is 49.6 Å². The van der Waals surface area contributed by atoms with Crippen LogP contribution < -0.4 is 15.5 Å². The topological polar surface area (TPSA) is 57.3 Å². The van der Waals surface area contributed by atoms with Crippen molar-refractivity contribution >= 4 is 34.7 Å². The van der Waals surface area contributed by atoms with Crippen LogP contribution in [0.5, 0.6) is 0 Å². The minimum absolute atomic E-state index is 0.0536. The normalized spacial score (nSPS) is 19.2. The van der Waals surface area contributed by atoms with E-state index in [1.54, 1.807) is 6.20 Å². The summed E-state index contributed by atoms with van der Waals surface area (Å²) in [4.78, 5) is 18.9. The van der Waals surface area contributed by atoms with Gasteiger partial charge < -0.3 is 10.6 Å². The molecule has 2 heterocycles. The van der Waals surface area contributed by atoms with Crippen molar-refractivity contribution in [3.05, 3.63) is 47.1 Å². The standard InChI is InChI=1S/C17H17ClN4O/c1-10-4-7-14(12(18)9-10)22-15-13(3-2-8-19-15)21-16(22)17(23)20-11-5-6-11/h2-4,7-9,11,16,21H,5-6H2,1H3,(H,20,23). The van der Waals surface area contributed by atoms with E-state index in [0.29, 0.717) is 16.9 Å². The van der Waals surface area contributed by atoms with Crippen LogP contribution >= 0.6 is 11.6 Å². The Bertz CT molecular complexity index is 775. The Morgan fingerprint density at radius 2 is 2.22 bits per heavy atom. The number of aryl methyl sites for hydroxylation is 1. The Balaban J connectivity index is 1.75. The van der Waals surface area contributed by atoms with Crippen molar-refractivity contribution in [1.29, 1.82) is 0 Å². The highest BCUT2D eigenvalue weighted by Crippen LogP contribution is 2.41. The van der Waals surface area contributed by atoms with Crippen molar-refractivity contribution in [1.82, 2.24) is 10.3 Å². The average Bonchev–Trinajstić information content (AvgIpc) is 3.25. The number of amides is 1. The number of rotatable bonds is 3. The summed E-state index contributed by atoms with van der Waals surface area (Å²) in [7, 11) is 0. The van der Waals surface area contributed by atoms with E-state index < -0.39 is 6.17 Å². The largest absolute Gasteiger partial charge is 0.354 e. The lowest BCUT2D eigenvalue weighted by Gasteiger charge is -2.26. The van der Waals surface area contributed by atoms with Crippen LogP contribution in [-0.2, 0) is 4.79 Å². The summed E-state index contributed by atoms with van der Waals surface area (Å²) in [5.41, 5.74) is 2.68. The molecule has 1 aliphatic heterocycles. The van der Waals surface area contributed by atoms with Gasteiger partial charge in [-0.15, -0.1) is 0 Å². The zero-order chi connectivity index (χ0) is 16.0. The summed E-state index contributed by atoms with van der Waals surface area (Å²) in [6.45, 7) is 1.99. The average molecular weight is 329 g/mol. The van der Waals surface area contributed by atoms with Gasteiger partial charge in [0.2, 0.25) is 0 Å². The molecular formula is C17H17ClN4O. The van der Waals surface area contributed by atoms with Crippen LogP contribution in [0.1, 0.15) is 18.4 Å². The molecule has 2 aliphatic rings. The first-order chi connectivity index (χ1) is 11.1. The Hall–Kier alpha value is -2.27. The van der Waals surface area contributed by atoms with Crippen molar-refractivity contribution < 1.29 is 4.79 Å². The molecule has 1 fully saturated rings. The zero-order valence-corrected chi connectivity index (χ0v) is 13.5. The molecule has 1 aliphatic carbocycles. The summed E-state index contributed by atoms with van der Waals surface area (Å²) in [5.74, 6) is 0.663. The van der Waals surface area contributed by atoms with Gasteiger partial charge >= 0.3 is 0 Å². The summed E-state index contributed by atoms with van der Waals surface area (Å²) < 4.78 is 0. The van der Waals surface area contributed by atoms with E-state index in [9.17, 15) is 4.79 Å². The molecule has 23 heavy (non-hydrogen) atoms. The second-order valence-electron chi connectivity index (χ2n) is 6.03. The molecule has 1 atom stereocenters. The highest BCUT2D eigenvalue weighted by molar-refractivity contribution is 6.33. The number of nitrogens with one attached hydrogen (secondary N) is 2. The van der Waals surface area contributed by atoms with E-state index in [4.69, 9.17) is 11.6 Å². The second-order valence-corrected chi connectivity index (χ2v) is 6.44. The highest BCUT2D eigenvalue weighted by Gasteiger charge is 2.38. The molecule has 118 valence electrons.